The molecule has 0 radical (unpaired) electrons. The maximum absolute atomic E-state index is 6.19. The standard InChI is InChI=1S/C16H25ClN2O/c1-11(2)18-9-13-8-16(19-10-15(13)17)20-14-6-4-5-12(3)7-14/h8,10-12,14,18H,4-7,9H2,1-3H3. The minimum Gasteiger partial charge on any atom is -0.474 e. The Hall–Kier alpha value is -0.800. The highest BCUT2D eigenvalue weighted by Crippen LogP contribution is 2.28. The Bertz CT molecular complexity index is 436. The third-order valence-corrected chi connectivity index (χ3v) is 4.13. The van der Waals surface area contributed by atoms with E-state index >= 15 is 0 Å². The lowest BCUT2D eigenvalue weighted by atomic mass is 9.89. The van der Waals surface area contributed by atoms with Gasteiger partial charge in [0, 0.05) is 24.8 Å². The zero-order valence-corrected chi connectivity index (χ0v) is 13.4. The summed E-state index contributed by atoms with van der Waals surface area (Å²) in [5.41, 5.74) is 1.05. The number of halogens is 1. The van der Waals surface area contributed by atoms with Crippen LogP contribution in [0.15, 0.2) is 12.3 Å². The van der Waals surface area contributed by atoms with Crippen LogP contribution in [0.1, 0.15) is 52.0 Å². The van der Waals surface area contributed by atoms with Crippen LogP contribution in [0.4, 0.5) is 0 Å². The zero-order chi connectivity index (χ0) is 14.5. The fraction of sp³-hybridized carbons (Fsp3) is 0.688. The maximum Gasteiger partial charge on any atom is 0.213 e. The van der Waals surface area contributed by atoms with Crippen LogP contribution < -0.4 is 10.1 Å². The normalized spacial score (nSPS) is 23.1. The van der Waals surface area contributed by atoms with Gasteiger partial charge in [-0.05, 0) is 30.7 Å². The van der Waals surface area contributed by atoms with Gasteiger partial charge in [-0.3, -0.25) is 0 Å². The zero-order valence-electron chi connectivity index (χ0n) is 12.7. The maximum atomic E-state index is 6.19. The minimum atomic E-state index is 0.304. The number of hydrogen-bond acceptors (Lipinski definition) is 3. The monoisotopic (exact) mass is 296 g/mol. The van der Waals surface area contributed by atoms with Crippen molar-refractivity contribution in [3.63, 3.8) is 0 Å². The van der Waals surface area contributed by atoms with E-state index in [9.17, 15) is 0 Å². The molecule has 1 aromatic heterocycles. The molecule has 2 unspecified atom stereocenters. The highest BCUT2D eigenvalue weighted by molar-refractivity contribution is 6.31. The first-order valence-corrected chi connectivity index (χ1v) is 7.97. The molecule has 1 aliphatic carbocycles. The van der Waals surface area contributed by atoms with Gasteiger partial charge in [-0.15, -0.1) is 0 Å². The highest BCUT2D eigenvalue weighted by Gasteiger charge is 2.20. The van der Waals surface area contributed by atoms with Gasteiger partial charge < -0.3 is 10.1 Å². The molecule has 1 saturated carbocycles. The Morgan fingerprint density at radius 2 is 2.25 bits per heavy atom. The molecule has 0 saturated heterocycles. The summed E-state index contributed by atoms with van der Waals surface area (Å²) in [6.07, 6.45) is 6.83. The molecule has 4 heteroatoms. The molecule has 3 nitrogen and oxygen atoms in total. The van der Waals surface area contributed by atoms with Crippen LogP contribution in [0.5, 0.6) is 5.88 Å². The number of nitrogens with one attached hydrogen (secondary N) is 1. The lowest BCUT2D eigenvalue weighted by Crippen LogP contribution is -2.25. The van der Waals surface area contributed by atoms with Crippen molar-refractivity contribution in [1.82, 2.24) is 10.3 Å². The molecule has 2 atom stereocenters. The predicted molar refractivity (Wildman–Crippen MR) is 83.3 cm³/mol. The van der Waals surface area contributed by atoms with Gasteiger partial charge in [0.15, 0.2) is 0 Å². The second kappa shape index (κ2) is 7.28. The molecule has 112 valence electrons. The van der Waals surface area contributed by atoms with Crippen LogP contribution in [0.2, 0.25) is 5.02 Å². The highest BCUT2D eigenvalue weighted by atomic mass is 35.5. The first-order chi connectivity index (χ1) is 9.54. The Morgan fingerprint density at radius 1 is 1.45 bits per heavy atom. The largest absolute Gasteiger partial charge is 0.474 e. The molecule has 1 fully saturated rings. The molecular formula is C16H25ClN2O. The van der Waals surface area contributed by atoms with E-state index in [1.165, 1.54) is 12.8 Å². The average Bonchev–Trinajstić information content (AvgIpc) is 2.39. The lowest BCUT2D eigenvalue weighted by Gasteiger charge is -2.27. The van der Waals surface area contributed by atoms with Crippen LogP contribution in [0, 0.1) is 5.92 Å². The van der Waals surface area contributed by atoms with Crippen molar-refractivity contribution in [2.45, 2.75) is 65.1 Å². The fourth-order valence-electron chi connectivity index (χ4n) is 2.63. The number of pyridine rings is 1. The van der Waals surface area contributed by atoms with Gasteiger partial charge in [-0.1, -0.05) is 38.8 Å². The van der Waals surface area contributed by atoms with E-state index in [1.807, 2.05) is 6.07 Å². The Labute approximate surface area is 127 Å². The molecule has 2 rings (SSSR count). The van der Waals surface area contributed by atoms with Crippen molar-refractivity contribution < 1.29 is 4.74 Å². The molecule has 1 aliphatic rings. The van der Waals surface area contributed by atoms with E-state index in [2.05, 4.69) is 31.1 Å². The number of ether oxygens (including phenoxy) is 1. The van der Waals surface area contributed by atoms with Gasteiger partial charge in [0.05, 0.1) is 5.02 Å². The summed E-state index contributed by atoms with van der Waals surface area (Å²) >= 11 is 6.19. The second-order valence-corrected chi connectivity index (χ2v) is 6.57. The molecule has 0 aliphatic heterocycles. The molecule has 1 aromatic rings. The van der Waals surface area contributed by atoms with E-state index in [0.29, 0.717) is 23.0 Å². The summed E-state index contributed by atoms with van der Waals surface area (Å²) < 4.78 is 6.03. The third kappa shape index (κ3) is 4.64. The van der Waals surface area contributed by atoms with Gasteiger partial charge in [0.1, 0.15) is 6.10 Å². The second-order valence-electron chi connectivity index (χ2n) is 6.16. The van der Waals surface area contributed by atoms with E-state index < -0.39 is 0 Å². The van der Waals surface area contributed by atoms with E-state index in [4.69, 9.17) is 16.3 Å². The molecule has 20 heavy (non-hydrogen) atoms. The quantitative estimate of drug-likeness (QED) is 0.884. The van der Waals surface area contributed by atoms with E-state index in [-0.39, 0.29) is 0 Å². The summed E-state index contributed by atoms with van der Waals surface area (Å²) in [5, 5.41) is 4.07. The van der Waals surface area contributed by atoms with Gasteiger partial charge in [-0.25, -0.2) is 4.98 Å². The minimum absolute atomic E-state index is 0.304. The van der Waals surface area contributed by atoms with Crippen LogP contribution >= 0.6 is 11.6 Å². The van der Waals surface area contributed by atoms with Gasteiger partial charge in [0.2, 0.25) is 5.88 Å². The van der Waals surface area contributed by atoms with Gasteiger partial charge in [-0.2, -0.15) is 0 Å². The van der Waals surface area contributed by atoms with Crippen molar-refractivity contribution in [2.75, 3.05) is 0 Å². The molecule has 0 bridgehead atoms. The van der Waals surface area contributed by atoms with E-state index in [1.54, 1.807) is 6.20 Å². The van der Waals surface area contributed by atoms with Crippen LogP contribution in [-0.2, 0) is 6.54 Å². The molecule has 1 N–H and O–H groups in total. The van der Waals surface area contributed by atoms with E-state index in [0.717, 1.165) is 30.9 Å². The first-order valence-electron chi connectivity index (χ1n) is 7.59. The van der Waals surface area contributed by atoms with Crippen molar-refractivity contribution in [2.24, 2.45) is 5.92 Å². The number of nitrogens with zero attached hydrogens (tertiary/aromatic N) is 1. The number of aromatic nitrogens is 1. The summed E-state index contributed by atoms with van der Waals surface area (Å²) in [5.74, 6) is 1.46. The van der Waals surface area contributed by atoms with Gasteiger partial charge in [0.25, 0.3) is 0 Å². The van der Waals surface area contributed by atoms with Crippen molar-refractivity contribution in [3.8, 4) is 5.88 Å². The number of hydrogen-bond donors (Lipinski definition) is 1. The summed E-state index contributed by atoms with van der Waals surface area (Å²) in [6.45, 7) is 7.28. The molecular weight excluding hydrogens is 272 g/mol. The SMILES string of the molecule is CC1CCCC(Oc2cc(CNC(C)C)c(Cl)cn2)C1. The topological polar surface area (TPSA) is 34.1 Å². The molecule has 0 spiro atoms. The van der Waals surface area contributed by atoms with Crippen molar-refractivity contribution in [1.29, 1.82) is 0 Å². The van der Waals surface area contributed by atoms with Crippen molar-refractivity contribution in [3.05, 3.63) is 22.8 Å². The Kier molecular flexibility index (Phi) is 5.67. The van der Waals surface area contributed by atoms with Crippen molar-refractivity contribution >= 4 is 11.6 Å². The molecule has 0 aromatic carbocycles. The molecule has 1 heterocycles. The first kappa shape index (κ1) is 15.6. The third-order valence-electron chi connectivity index (χ3n) is 3.79. The summed E-state index contributed by atoms with van der Waals surface area (Å²) in [6, 6.07) is 2.40. The molecule has 0 amide bonds. The number of rotatable bonds is 5. The smallest absolute Gasteiger partial charge is 0.213 e. The Balaban J connectivity index is 1.99. The average molecular weight is 297 g/mol. The fourth-order valence-corrected chi connectivity index (χ4v) is 2.80. The van der Waals surface area contributed by atoms with Crippen LogP contribution in [0.3, 0.4) is 0 Å². The van der Waals surface area contributed by atoms with Gasteiger partial charge >= 0.3 is 0 Å². The predicted octanol–water partition coefficient (Wildman–Crippen LogP) is 4.19. The lowest BCUT2D eigenvalue weighted by molar-refractivity contribution is 0.124. The van der Waals surface area contributed by atoms with Crippen LogP contribution in [-0.4, -0.2) is 17.1 Å². The summed E-state index contributed by atoms with van der Waals surface area (Å²) in [4.78, 5) is 4.30. The van der Waals surface area contributed by atoms with Crippen LogP contribution in [0.25, 0.3) is 0 Å². The Morgan fingerprint density at radius 3 is 2.95 bits per heavy atom. The summed E-state index contributed by atoms with van der Waals surface area (Å²) in [7, 11) is 0.